The first-order valence-corrected chi connectivity index (χ1v) is 4.81. The van der Waals surface area contributed by atoms with Crippen LogP contribution in [0, 0.1) is 0 Å². The molecule has 0 heterocycles. The lowest BCUT2D eigenvalue weighted by Crippen LogP contribution is -2.50. The van der Waals surface area contributed by atoms with Crippen LogP contribution in [0.2, 0.25) is 0 Å². The van der Waals surface area contributed by atoms with Crippen molar-refractivity contribution in [2.45, 2.75) is 32.4 Å². The van der Waals surface area contributed by atoms with E-state index >= 15 is 0 Å². The second-order valence-electron chi connectivity index (χ2n) is 3.73. The fraction of sp³-hybridized carbons (Fsp3) is 0.667. The van der Waals surface area contributed by atoms with E-state index in [1.165, 1.54) is 0 Å². The molecule has 0 aromatic rings. The summed E-state index contributed by atoms with van der Waals surface area (Å²) < 4.78 is 0. The van der Waals surface area contributed by atoms with Crippen molar-refractivity contribution in [3.8, 4) is 0 Å². The van der Waals surface area contributed by atoms with Gasteiger partial charge in [0.25, 0.3) is 0 Å². The van der Waals surface area contributed by atoms with Crippen LogP contribution < -0.4 is 11.5 Å². The lowest BCUT2D eigenvalue weighted by Gasteiger charge is -2.27. The quantitative estimate of drug-likeness (QED) is 0.513. The van der Waals surface area contributed by atoms with E-state index in [1.54, 1.807) is 13.8 Å². The zero-order valence-electron chi connectivity index (χ0n) is 9.34. The molecule has 7 heteroatoms. The molecule has 0 spiro atoms. The van der Waals surface area contributed by atoms with Crippen molar-refractivity contribution >= 4 is 17.8 Å². The number of carboxylic acids is 1. The van der Waals surface area contributed by atoms with Crippen molar-refractivity contribution in [2.24, 2.45) is 11.5 Å². The molecule has 1 atom stereocenters. The second kappa shape index (κ2) is 6.06. The van der Waals surface area contributed by atoms with Gasteiger partial charge in [0.05, 0.1) is 12.5 Å². The number of rotatable bonds is 6. The summed E-state index contributed by atoms with van der Waals surface area (Å²) in [5, 5.41) is 8.62. The van der Waals surface area contributed by atoms with E-state index in [0.29, 0.717) is 0 Å². The molecular weight excluding hydrogens is 214 g/mol. The fourth-order valence-corrected chi connectivity index (χ4v) is 1.18. The molecule has 5 N–H and O–H groups in total. The third-order valence-corrected chi connectivity index (χ3v) is 1.95. The minimum atomic E-state index is -1.13. The Bertz CT molecular complexity index is 290. The predicted molar refractivity (Wildman–Crippen MR) is 56.3 cm³/mol. The zero-order valence-corrected chi connectivity index (χ0v) is 9.34. The molecule has 16 heavy (non-hydrogen) atoms. The lowest BCUT2D eigenvalue weighted by atomic mass is 10.1. The van der Waals surface area contributed by atoms with Gasteiger partial charge in [-0.2, -0.15) is 0 Å². The first-order chi connectivity index (χ1) is 7.25. The molecule has 0 aliphatic heterocycles. The number of hydrogen-bond donors (Lipinski definition) is 3. The molecule has 0 bridgehead atoms. The SMILES string of the molecule is CC(C)N(CC(=O)O)C(=O)C(N)CC(N)=O. The van der Waals surface area contributed by atoms with E-state index in [4.69, 9.17) is 16.6 Å². The van der Waals surface area contributed by atoms with Gasteiger partial charge in [0.1, 0.15) is 6.54 Å². The summed E-state index contributed by atoms with van der Waals surface area (Å²) in [5.41, 5.74) is 10.4. The van der Waals surface area contributed by atoms with Crippen molar-refractivity contribution in [3.63, 3.8) is 0 Å². The van der Waals surface area contributed by atoms with E-state index in [9.17, 15) is 14.4 Å². The van der Waals surface area contributed by atoms with Gasteiger partial charge in [-0.05, 0) is 13.8 Å². The van der Waals surface area contributed by atoms with E-state index < -0.39 is 30.4 Å². The van der Waals surface area contributed by atoms with Gasteiger partial charge < -0.3 is 21.5 Å². The number of carbonyl (C=O) groups is 3. The normalized spacial score (nSPS) is 12.2. The van der Waals surface area contributed by atoms with Gasteiger partial charge in [-0.25, -0.2) is 0 Å². The molecule has 92 valence electrons. The standard InChI is InChI=1S/C9H17N3O4/c1-5(2)12(4-8(14)15)9(16)6(10)3-7(11)13/h5-6H,3-4,10H2,1-2H3,(H2,11,13)(H,14,15). The molecule has 0 saturated heterocycles. The summed E-state index contributed by atoms with van der Waals surface area (Å²) in [6.45, 7) is 2.89. The van der Waals surface area contributed by atoms with Crippen molar-refractivity contribution in [3.05, 3.63) is 0 Å². The van der Waals surface area contributed by atoms with Gasteiger partial charge in [0.15, 0.2) is 0 Å². The van der Waals surface area contributed by atoms with Crippen LogP contribution >= 0.6 is 0 Å². The highest BCUT2D eigenvalue weighted by Crippen LogP contribution is 2.03. The molecule has 0 aliphatic carbocycles. The highest BCUT2D eigenvalue weighted by Gasteiger charge is 2.26. The lowest BCUT2D eigenvalue weighted by molar-refractivity contribution is -0.146. The molecule has 2 amide bonds. The minimum Gasteiger partial charge on any atom is -0.480 e. The third-order valence-electron chi connectivity index (χ3n) is 1.95. The Balaban J connectivity index is 4.60. The Labute approximate surface area is 93.4 Å². The molecule has 0 radical (unpaired) electrons. The largest absolute Gasteiger partial charge is 0.480 e. The summed E-state index contributed by atoms with van der Waals surface area (Å²) in [6, 6.07) is -1.39. The van der Waals surface area contributed by atoms with Gasteiger partial charge in [-0.1, -0.05) is 0 Å². The first-order valence-electron chi connectivity index (χ1n) is 4.81. The van der Waals surface area contributed by atoms with Crippen molar-refractivity contribution in [1.82, 2.24) is 4.90 Å². The van der Waals surface area contributed by atoms with Gasteiger partial charge >= 0.3 is 5.97 Å². The maximum Gasteiger partial charge on any atom is 0.323 e. The summed E-state index contributed by atoms with van der Waals surface area (Å²) in [6.07, 6.45) is -0.290. The molecule has 0 aromatic heterocycles. The topological polar surface area (TPSA) is 127 Å². The number of primary amides is 1. The molecule has 0 rings (SSSR count). The van der Waals surface area contributed by atoms with Gasteiger partial charge in [0, 0.05) is 6.04 Å². The van der Waals surface area contributed by atoms with Crippen molar-refractivity contribution < 1.29 is 19.5 Å². The minimum absolute atomic E-state index is 0.290. The molecular formula is C9H17N3O4. The van der Waals surface area contributed by atoms with Crippen LogP contribution in [0.1, 0.15) is 20.3 Å². The number of carbonyl (C=O) groups excluding carboxylic acids is 2. The second-order valence-corrected chi connectivity index (χ2v) is 3.73. The predicted octanol–water partition coefficient (Wildman–Crippen LogP) is -1.49. The van der Waals surface area contributed by atoms with Crippen LogP contribution in [-0.2, 0) is 14.4 Å². The monoisotopic (exact) mass is 231 g/mol. The number of nitrogens with two attached hydrogens (primary N) is 2. The van der Waals surface area contributed by atoms with Crippen LogP contribution in [0.4, 0.5) is 0 Å². The Hall–Kier alpha value is -1.63. The van der Waals surface area contributed by atoms with Gasteiger partial charge in [0.2, 0.25) is 11.8 Å². The fourth-order valence-electron chi connectivity index (χ4n) is 1.18. The molecule has 7 nitrogen and oxygen atoms in total. The highest BCUT2D eigenvalue weighted by molar-refractivity contribution is 5.89. The zero-order chi connectivity index (χ0) is 12.9. The Morgan fingerprint density at radius 2 is 1.81 bits per heavy atom. The first kappa shape index (κ1) is 14.4. The van der Waals surface area contributed by atoms with Crippen LogP contribution in [0.5, 0.6) is 0 Å². The average Bonchev–Trinajstić information content (AvgIpc) is 2.11. The molecule has 0 fully saturated rings. The van der Waals surface area contributed by atoms with Crippen LogP contribution in [-0.4, -0.2) is 46.4 Å². The summed E-state index contributed by atoms with van der Waals surface area (Å²) in [4.78, 5) is 33.9. The van der Waals surface area contributed by atoms with Crippen LogP contribution in [0.3, 0.4) is 0 Å². The Morgan fingerprint density at radius 3 is 2.12 bits per heavy atom. The van der Waals surface area contributed by atoms with Gasteiger partial charge in [-0.3, -0.25) is 14.4 Å². The average molecular weight is 231 g/mol. The summed E-state index contributed by atoms with van der Waals surface area (Å²) >= 11 is 0. The molecule has 0 saturated carbocycles. The van der Waals surface area contributed by atoms with Crippen molar-refractivity contribution in [2.75, 3.05) is 6.54 Å². The summed E-state index contributed by atoms with van der Waals surface area (Å²) in [5.74, 6) is -2.41. The molecule has 1 unspecified atom stereocenters. The number of amides is 2. The van der Waals surface area contributed by atoms with Crippen LogP contribution in [0.15, 0.2) is 0 Å². The molecule has 0 aliphatic rings. The Kier molecular flexibility index (Phi) is 5.44. The number of aliphatic carboxylic acids is 1. The maximum atomic E-state index is 11.7. The highest BCUT2D eigenvalue weighted by atomic mass is 16.4. The number of hydrogen-bond acceptors (Lipinski definition) is 4. The van der Waals surface area contributed by atoms with Crippen molar-refractivity contribution in [1.29, 1.82) is 0 Å². The van der Waals surface area contributed by atoms with Crippen LogP contribution in [0.25, 0.3) is 0 Å². The maximum absolute atomic E-state index is 11.7. The van der Waals surface area contributed by atoms with E-state index in [2.05, 4.69) is 0 Å². The molecule has 0 aromatic carbocycles. The van der Waals surface area contributed by atoms with E-state index in [1.807, 2.05) is 0 Å². The Morgan fingerprint density at radius 1 is 1.31 bits per heavy atom. The van der Waals surface area contributed by atoms with E-state index in [0.717, 1.165) is 4.90 Å². The smallest absolute Gasteiger partial charge is 0.323 e. The van der Waals surface area contributed by atoms with Gasteiger partial charge in [-0.15, -0.1) is 0 Å². The van der Waals surface area contributed by atoms with E-state index in [-0.39, 0.29) is 12.5 Å². The third kappa shape index (κ3) is 4.74. The summed E-state index contributed by atoms with van der Waals surface area (Å²) in [7, 11) is 0. The number of nitrogens with zero attached hydrogens (tertiary/aromatic N) is 1. The number of carboxylic acid groups (broad SMARTS) is 1.